The zero-order valence-corrected chi connectivity index (χ0v) is 14.2. The molecular formula is C18H28N4O. The summed E-state index contributed by atoms with van der Waals surface area (Å²) in [6.45, 7) is 4.33. The molecule has 126 valence electrons. The van der Waals surface area contributed by atoms with Gasteiger partial charge in [-0.05, 0) is 50.5 Å². The Labute approximate surface area is 139 Å². The van der Waals surface area contributed by atoms with Crippen LogP contribution in [0, 0.1) is 5.92 Å². The molecule has 0 unspecified atom stereocenters. The molecule has 3 aliphatic rings. The minimum absolute atomic E-state index is 0.400. The van der Waals surface area contributed by atoms with Crippen molar-refractivity contribution in [2.75, 3.05) is 38.3 Å². The average Bonchev–Trinajstić information content (AvgIpc) is 3.37. The topological polar surface area (TPSA) is 41.5 Å². The Hall–Kier alpha value is -1.20. The molecule has 0 N–H and O–H groups in total. The van der Waals surface area contributed by atoms with E-state index in [1.54, 1.807) is 0 Å². The Morgan fingerprint density at radius 3 is 2.52 bits per heavy atom. The van der Waals surface area contributed by atoms with Crippen molar-refractivity contribution >= 4 is 5.95 Å². The van der Waals surface area contributed by atoms with Crippen LogP contribution >= 0.6 is 0 Å². The summed E-state index contributed by atoms with van der Waals surface area (Å²) >= 11 is 0. The van der Waals surface area contributed by atoms with Crippen LogP contribution in [0.1, 0.15) is 38.5 Å². The molecule has 0 amide bonds. The van der Waals surface area contributed by atoms with Gasteiger partial charge in [-0.1, -0.05) is 0 Å². The van der Waals surface area contributed by atoms with Crippen molar-refractivity contribution in [1.82, 2.24) is 14.9 Å². The lowest BCUT2D eigenvalue weighted by molar-refractivity contribution is 0.0344. The van der Waals surface area contributed by atoms with Crippen LogP contribution in [0.3, 0.4) is 0 Å². The monoisotopic (exact) mass is 316 g/mol. The average molecular weight is 316 g/mol. The van der Waals surface area contributed by atoms with E-state index in [1.165, 1.54) is 45.1 Å². The molecule has 0 aromatic carbocycles. The first kappa shape index (κ1) is 15.3. The molecule has 0 radical (unpaired) electrons. The van der Waals surface area contributed by atoms with Crippen molar-refractivity contribution < 1.29 is 4.74 Å². The quantitative estimate of drug-likeness (QED) is 0.834. The number of hydrogen-bond acceptors (Lipinski definition) is 5. The summed E-state index contributed by atoms with van der Waals surface area (Å²) in [6.07, 6.45) is 11.6. The molecule has 1 saturated carbocycles. The predicted molar refractivity (Wildman–Crippen MR) is 90.5 cm³/mol. The van der Waals surface area contributed by atoms with Crippen molar-refractivity contribution in [2.45, 2.75) is 50.1 Å². The van der Waals surface area contributed by atoms with Gasteiger partial charge >= 0.3 is 0 Å². The van der Waals surface area contributed by atoms with Gasteiger partial charge in [-0.3, -0.25) is 4.90 Å². The molecule has 3 fully saturated rings. The van der Waals surface area contributed by atoms with Gasteiger partial charge in [0.2, 0.25) is 5.95 Å². The van der Waals surface area contributed by atoms with Crippen LogP contribution in [0.25, 0.3) is 0 Å². The third-order valence-electron chi connectivity index (χ3n) is 6.03. The first-order chi connectivity index (χ1) is 11.3. The summed E-state index contributed by atoms with van der Waals surface area (Å²) in [5.74, 6) is 1.84. The van der Waals surface area contributed by atoms with E-state index in [-0.39, 0.29) is 0 Å². The van der Waals surface area contributed by atoms with E-state index < -0.39 is 0 Å². The summed E-state index contributed by atoms with van der Waals surface area (Å²) in [5, 5.41) is 0. The molecule has 1 aromatic rings. The Bertz CT molecular complexity index is 511. The molecular weight excluding hydrogens is 288 g/mol. The van der Waals surface area contributed by atoms with Gasteiger partial charge in [0, 0.05) is 50.7 Å². The van der Waals surface area contributed by atoms with Gasteiger partial charge in [0.05, 0.1) is 6.61 Å². The van der Waals surface area contributed by atoms with E-state index in [4.69, 9.17) is 4.74 Å². The molecule has 2 saturated heterocycles. The Morgan fingerprint density at radius 2 is 1.87 bits per heavy atom. The number of likely N-dealkylation sites (tertiary alicyclic amines) is 1. The van der Waals surface area contributed by atoms with Gasteiger partial charge < -0.3 is 9.64 Å². The predicted octanol–water partition coefficient (Wildman–Crippen LogP) is 2.34. The van der Waals surface area contributed by atoms with Crippen molar-refractivity contribution in [1.29, 1.82) is 0 Å². The number of hydrogen-bond donors (Lipinski definition) is 0. The second kappa shape index (κ2) is 6.36. The highest BCUT2D eigenvalue weighted by Gasteiger charge is 2.49. The van der Waals surface area contributed by atoms with E-state index >= 15 is 0 Å². The maximum atomic E-state index is 5.51. The largest absolute Gasteiger partial charge is 0.383 e. The fraction of sp³-hybridized carbons (Fsp3) is 0.778. The molecule has 0 bridgehead atoms. The molecule has 2 aliphatic heterocycles. The van der Waals surface area contributed by atoms with Crippen LogP contribution in [-0.4, -0.2) is 59.8 Å². The molecule has 1 aliphatic carbocycles. The van der Waals surface area contributed by atoms with Crippen molar-refractivity contribution in [2.24, 2.45) is 5.92 Å². The second-order valence-electron chi connectivity index (χ2n) is 7.50. The van der Waals surface area contributed by atoms with E-state index in [0.29, 0.717) is 11.6 Å². The fourth-order valence-corrected chi connectivity index (χ4v) is 4.52. The van der Waals surface area contributed by atoms with E-state index in [0.717, 1.165) is 31.6 Å². The molecule has 5 heteroatoms. The molecule has 4 rings (SSSR count). The number of methoxy groups -OCH3 is 1. The van der Waals surface area contributed by atoms with Crippen LogP contribution < -0.4 is 4.90 Å². The van der Waals surface area contributed by atoms with E-state index in [1.807, 2.05) is 25.6 Å². The van der Waals surface area contributed by atoms with Crippen LogP contribution in [-0.2, 0) is 4.74 Å². The summed E-state index contributed by atoms with van der Waals surface area (Å²) in [7, 11) is 1.84. The number of aromatic nitrogens is 2. The van der Waals surface area contributed by atoms with E-state index in [9.17, 15) is 0 Å². The molecule has 1 spiro atoms. The maximum absolute atomic E-state index is 5.51. The Kier molecular flexibility index (Phi) is 4.24. The smallest absolute Gasteiger partial charge is 0.225 e. The standard InChI is InChI=1S/C18H28N4O/c1-23-14-16-5-6-18(22(16)13-15-3-4-15)7-11-21(12-8-18)17-19-9-2-10-20-17/h2,9-10,15-16H,3-8,11-14H2,1H3/t16-/m1/s1. The van der Waals surface area contributed by atoms with E-state index in [2.05, 4.69) is 19.8 Å². The van der Waals surface area contributed by atoms with Gasteiger partial charge in [-0.25, -0.2) is 9.97 Å². The maximum Gasteiger partial charge on any atom is 0.225 e. The van der Waals surface area contributed by atoms with Gasteiger partial charge in [0.25, 0.3) is 0 Å². The van der Waals surface area contributed by atoms with Crippen molar-refractivity contribution in [3.05, 3.63) is 18.5 Å². The van der Waals surface area contributed by atoms with Gasteiger partial charge in [-0.2, -0.15) is 0 Å². The van der Waals surface area contributed by atoms with Crippen molar-refractivity contribution in [3.8, 4) is 0 Å². The van der Waals surface area contributed by atoms with Gasteiger partial charge in [0.15, 0.2) is 0 Å². The summed E-state index contributed by atoms with van der Waals surface area (Å²) in [4.78, 5) is 14.0. The number of rotatable bonds is 5. The Morgan fingerprint density at radius 1 is 1.13 bits per heavy atom. The molecule has 1 aromatic heterocycles. The molecule has 23 heavy (non-hydrogen) atoms. The highest BCUT2D eigenvalue weighted by molar-refractivity contribution is 5.30. The molecule has 3 heterocycles. The minimum Gasteiger partial charge on any atom is -0.383 e. The number of piperidine rings is 1. The number of anilines is 1. The summed E-state index contributed by atoms with van der Waals surface area (Å²) in [6, 6.07) is 2.51. The summed E-state index contributed by atoms with van der Waals surface area (Å²) < 4.78 is 5.51. The van der Waals surface area contributed by atoms with Crippen LogP contribution in [0.4, 0.5) is 5.95 Å². The van der Waals surface area contributed by atoms with Crippen LogP contribution in [0.2, 0.25) is 0 Å². The fourth-order valence-electron chi connectivity index (χ4n) is 4.52. The lowest BCUT2D eigenvalue weighted by Crippen LogP contribution is -2.55. The lowest BCUT2D eigenvalue weighted by atomic mass is 9.85. The zero-order chi connectivity index (χ0) is 15.7. The number of nitrogens with zero attached hydrogens (tertiary/aromatic N) is 4. The van der Waals surface area contributed by atoms with Gasteiger partial charge in [-0.15, -0.1) is 0 Å². The SMILES string of the molecule is COC[C@H]1CCC2(CCN(c3ncccn3)CC2)N1CC1CC1. The Balaban J connectivity index is 1.45. The molecule has 5 nitrogen and oxygen atoms in total. The third kappa shape index (κ3) is 3.09. The highest BCUT2D eigenvalue weighted by Crippen LogP contribution is 2.44. The first-order valence-electron chi connectivity index (χ1n) is 9.08. The second-order valence-corrected chi connectivity index (χ2v) is 7.50. The summed E-state index contributed by atoms with van der Waals surface area (Å²) in [5.41, 5.74) is 0.400. The zero-order valence-electron chi connectivity index (χ0n) is 14.2. The third-order valence-corrected chi connectivity index (χ3v) is 6.03. The first-order valence-corrected chi connectivity index (χ1v) is 9.08. The molecule has 1 atom stereocenters. The van der Waals surface area contributed by atoms with Crippen LogP contribution in [0.15, 0.2) is 18.5 Å². The van der Waals surface area contributed by atoms with Crippen LogP contribution in [0.5, 0.6) is 0 Å². The van der Waals surface area contributed by atoms with Crippen molar-refractivity contribution in [3.63, 3.8) is 0 Å². The highest BCUT2D eigenvalue weighted by atomic mass is 16.5. The minimum atomic E-state index is 0.400. The lowest BCUT2D eigenvalue weighted by Gasteiger charge is -2.46. The normalized spacial score (nSPS) is 27.7. The van der Waals surface area contributed by atoms with Gasteiger partial charge in [0.1, 0.15) is 0 Å². The number of ether oxygens (including phenoxy) is 1.